The van der Waals surface area contributed by atoms with Crippen LogP contribution >= 0.6 is 0 Å². The fourth-order valence-corrected chi connectivity index (χ4v) is 3.47. The van der Waals surface area contributed by atoms with Crippen molar-refractivity contribution in [1.29, 1.82) is 0 Å². The molecular formula is C22H20F3N3O. The molecule has 1 aliphatic heterocycles. The highest BCUT2D eigenvalue weighted by Crippen LogP contribution is 2.34. The van der Waals surface area contributed by atoms with Crippen molar-refractivity contribution >= 4 is 0 Å². The number of benzene rings is 2. The fraction of sp³-hybridized carbons (Fsp3) is 0.273. The van der Waals surface area contributed by atoms with Crippen LogP contribution in [0.3, 0.4) is 0 Å². The van der Waals surface area contributed by atoms with E-state index in [2.05, 4.69) is 21.8 Å². The van der Waals surface area contributed by atoms with Crippen LogP contribution in [0.5, 0.6) is 5.75 Å². The summed E-state index contributed by atoms with van der Waals surface area (Å²) < 4.78 is 44.3. The summed E-state index contributed by atoms with van der Waals surface area (Å²) >= 11 is 0. The van der Waals surface area contributed by atoms with Gasteiger partial charge in [0.1, 0.15) is 18.2 Å². The third-order valence-electron chi connectivity index (χ3n) is 5.12. The molecule has 2 heterocycles. The summed E-state index contributed by atoms with van der Waals surface area (Å²) in [4.78, 5) is 10.9. The molecule has 0 bridgehead atoms. The Morgan fingerprint density at radius 2 is 1.69 bits per heavy atom. The third kappa shape index (κ3) is 4.24. The Bertz CT molecular complexity index is 975. The van der Waals surface area contributed by atoms with Gasteiger partial charge in [-0.05, 0) is 48.4 Å². The van der Waals surface area contributed by atoms with Crippen LogP contribution in [0, 0.1) is 0 Å². The number of hydrogen-bond acceptors (Lipinski definition) is 4. The van der Waals surface area contributed by atoms with Crippen LogP contribution in [0.2, 0.25) is 0 Å². The topological polar surface area (TPSA) is 38.2 Å². The van der Waals surface area contributed by atoms with E-state index in [9.17, 15) is 13.2 Å². The smallest absolute Gasteiger partial charge is 0.416 e. The Morgan fingerprint density at radius 1 is 1.00 bits per heavy atom. The number of alkyl halides is 3. The van der Waals surface area contributed by atoms with E-state index in [-0.39, 0.29) is 6.04 Å². The van der Waals surface area contributed by atoms with Gasteiger partial charge in [-0.25, -0.2) is 9.97 Å². The van der Waals surface area contributed by atoms with Crippen LogP contribution in [0.15, 0.2) is 60.9 Å². The Kier molecular flexibility index (Phi) is 5.24. The van der Waals surface area contributed by atoms with E-state index in [4.69, 9.17) is 4.74 Å². The monoisotopic (exact) mass is 399 g/mol. The lowest BCUT2D eigenvalue weighted by atomic mass is 10.0. The number of aromatic nitrogens is 2. The van der Waals surface area contributed by atoms with Crippen molar-refractivity contribution in [2.75, 3.05) is 13.2 Å². The van der Waals surface area contributed by atoms with Crippen molar-refractivity contribution < 1.29 is 17.9 Å². The summed E-state index contributed by atoms with van der Waals surface area (Å²) in [6, 6.07) is 12.8. The average Bonchev–Trinajstić information content (AvgIpc) is 2.95. The van der Waals surface area contributed by atoms with E-state index >= 15 is 0 Å². The van der Waals surface area contributed by atoms with Gasteiger partial charge in [0.15, 0.2) is 0 Å². The quantitative estimate of drug-likeness (QED) is 0.613. The molecule has 4 rings (SSSR count). The van der Waals surface area contributed by atoms with E-state index in [1.165, 1.54) is 12.1 Å². The first-order valence-corrected chi connectivity index (χ1v) is 9.36. The van der Waals surface area contributed by atoms with Gasteiger partial charge in [-0.3, -0.25) is 4.90 Å². The van der Waals surface area contributed by atoms with E-state index in [0.717, 1.165) is 46.9 Å². The molecule has 0 amide bonds. The summed E-state index contributed by atoms with van der Waals surface area (Å²) in [6.07, 6.45) is -0.885. The highest BCUT2D eigenvalue weighted by atomic mass is 19.4. The van der Waals surface area contributed by atoms with Gasteiger partial charge in [0.05, 0.1) is 11.6 Å². The van der Waals surface area contributed by atoms with Crippen LogP contribution in [-0.4, -0.2) is 28.0 Å². The molecule has 4 nitrogen and oxygen atoms in total. The minimum atomic E-state index is -4.34. The molecule has 0 fully saturated rings. The maximum Gasteiger partial charge on any atom is 0.416 e. The first-order valence-electron chi connectivity index (χ1n) is 9.36. The first-order chi connectivity index (χ1) is 13.9. The number of halogens is 3. The Labute approximate surface area is 167 Å². The van der Waals surface area contributed by atoms with Crippen LogP contribution in [0.4, 0.5) is 13.2 Å². The largest absolute Gasteiger partial charge is 0.492 e. The Morgan fingerprint density at radius 3 is 2.38 bits per heavy atom. The minimum absolute atomic E-state index is 0.0143. The third-order valence-corrected chi connectivity index (χ3v) is 5.12. The normalized spacial score (nSPS) is 15.9. The fourth-order valence-electron chi connectivity index (χ4n) is 3.47. The van der Waals surface area contributed by atoms with Gasteiger partial charge < -0.3 is 4.74 Å². The van der Waals surface area contributed by atoms with Gasteiger partial charge in [0.2, 0.25) is 0 Å². The molecule has 0 radical (unpaired) electrons. The van der Waals surface area contributed by atoms with Crippen molar-refractivity contribution in [3.63, 3.8) is 0 Å². The molecule has 1 atom stereocenters. The first kappa shape index (κ1) is 19.4. The zero-order chi connectivity index (χ0) is 20.4. The summed E-state index contributed by atoms with van der Waals surface area (Å²) in [5, 5.41) is 0. The second-order valence-electron chi connectivity index (χ2n) is 7.00. The number of fused-ring (bicyclic) bond motifs is 1. The molecule has 0 unspecified atom stereocenters. The van der Waals surface area contributed by atoms with Crippen molar-refractivity contribution in [1.82, 2.24) is 14.9 Å². The number of rotatable bonds is 3. The van der Waals surface area contributed by atoms with Crippen LogP contribution in [-0.2, 0) is 12.7 Å². The SMILES string of the molecule is C[C@@H](c1ncccn1)N1CCOc2ccc(-c3ccc(C(F)(F)F)cc3)cc2C1. The summed E-state index contributed by atoms with van der Waals surface area (Å²) in [6.45, 7) is 3.97. The molecule has 0 aliphatic carbocycles. The maximum absolute atomic E-state index is 12.8. The Hall–Kier alpha value is -2.93. The van der Waals surface area contributed by atoms with Gasteiger partial charge in [-0.2, -0.15) is 13.2 Å². The molecular weight excluding hydrogens is 379 g/mol. The van der Waals surface area contributed by atoms with Crippen LogP contribution < -0.4 is 4.74 Å². The van der Waals surface area contributed by atoms with E-state index in [0.29, 0.717) is 13.2 Å². The lowest BCUT2D eigenvalue weighted by Gasteiger charge is -2.25. The molecule has 3 aromatic rings. The van der Waals surface area contributed by atoms with Gasteiger partial charge in [0.25, 0.3) is 0 Å². The molecule has 0 saturated heterocycles. The number of hydrogen-bond donors (Lipinski definition) is 0. The van der Waals surface area contributed by atoms with Gasteiger partial charge in [-0.1, -0.05) is 18.2 Å². The molecule has 2 aromatic carbocycles. The van der Waals surface area contributed by atoms with Crippen molar-refractivity contribution in [3.8, 4) is 16.9 Å². The van der Waals surface area contributed by atoms with E-state index in [1.54, 1.807) is 18.5 Å². The van der Waals surface area contributed by atoms with Gasteiger partial charge >= 0.3 is 6.18 Å². The average molecular weight is 399 g/mol. The second kappa shape index (κ2) is 7.83. The van der Waals surface area contributed by atoms with Crippen molar-refractivity contribution in [3.05, 3.63) is 77.9 Å². The summed E-state index contributed by atoms with van der Waals surface area (Å²) in [5.41, 5.74) is 1.92. The van der Waals surface area contributed by atoms with Gasteiger partial charge in [0, 0.05) is 31.0 Å². The molecule has 0 N–H and O–H groups in total. The predicted molar refractivity (Wildman–Crippen MR) is 103 cm³/mol. The lowest BCUT2D eigenvalue weighted by Crippen LogP contribution is -2.29. The number of ether oxygens (including phenoxy) is 1. The predicted octanol–water partition coefficient (Wildman–Crippen LogP) is 5.12. The van der Waals surface area contributed by atoms with E-state index < -0.39 is 11.7 Å². The molecule has 1 aromatic heterocycles. The zero-order valence-electron chi connectivity index (χ0n) is 15.9. The zero-order valence-corrected chi connectivity index (χ0v) is 15.9. The minimum Gasteiger partial charge on any atom is -0.492 e. The standard InChI is InChI=1S/C22H20F3N3O/c1-15(21-26-9-2-10-27-21)28-11-12-29-20-8-5-17(13-18(20)14-28)16-3-6-19(7-4-16)22(23,24)25/h2-10,13,15H,11-12,14H2,1H3/t15-/m0/s1. The molecule has 150 valence electrons. The Balaban J connectivity index is 1.60. The van der Waals surface area contributed by atoms with Gasteiger partial charge in [-0.15, -0.1) is 0 Å². The molecule has 1 aliphatic rings. The van der Waals surface area contributed by atoms with E-state index in [1.807, 2.05) is 18.2 Å². The van der Waals surface area contributed by atoms with Crippen LogP contribution in [0.1, 0.15) is 29.9 Å². The number of nitrogens with zero attached hydrogens (tertiary/aromatic N) is 3. The molecule has 7 heteroatoms. The molecule has 0 spiro atoms. The highest BCUT2D eigenvalue weighted by molar-refractivity contribution is 5.66. The molecule has 0 saturated carbocycles. The summed E-state index contributed by atoms with van der Waals surface area (Å²) in [7, 11) is 0. The van der Waals surface area contributed by atoms with Crippen molar-refractivity contribution in [2.24, 2.45) is 0 Å². The highest BCUT2D eigenvalue weighted by Gasteiger charge is 2.30. The lowest BCUT2D eigenvalue weighted by molar-refractivity contribution is -0.137. The molecule has 29 heavy (non-hydrogen) atoms. The maximum atomic E-state index is 12.8. The van der Waals surface area contributed by atoms with Crippen molar-refractivity contribution in [2.45, 2.75) is 25.7 Å². The second-order valence-corrected chi connectivity index (χ2v) is 7.00. The summed E-state index contributed by atoms with van der Waals surface area (Å²) in [5.74, 6) is 1.54. The van der Waals surface area contributed by atoms with Crippen LogP contribution in [0.25, 0.3) is 11.1 Å².